The van der Waals surface area contributed by atoms with E-state index in [9.17, 15) is 18.8 Å². The number of benzene rings is 1. The summed E-state index contributed by atoms with van der Waals surface area (Å²) in [6, 6.07) is 6.72. The van der Waals surface area contributed by atoms with Crippen LogP contribution in [-0.4, -0.2) is 42.2 Å². The molecule has 2 N–H and O–H groups in total. The first-order chi connectivity index (χ1) is 13.7. The van der Waals surface area contributed by atoms with Crippen LogP contribution in [0.3, 0.4) is 0 Å². The average molecular weight is 400 g/mol. The molecule has 152 valence electrons. The van der Waals surface area contributed by atoms with E-state index in [1.807, 2.05) is 13.8 Å². The number of hydrogen-bond acceptors (Lipinski definition) is 5. The molecule has 0 atom stereocenters. The minimum absolute atomic E-state index is 0.0104. The van der Waals surface area contributed by atoms with Crippen molar-refractivity contribution in [3.05, 3.63) is 70.1 Å². The number of primary amides is 1. The Morgan fingerprint density at radius 2 is 2.00 bits per heavy atom. The first-order valence-corrected chi connectivity index (χ1v) is 9.02. The number of ether oxygens (including phenoxy) is 1. The van der Waals surface area contributed by atoms with Gasteiger partial charge in [0.1, 0.15) is 11.6 Å². The number of furan rings is 1. The maximum Gasteiger partial charge on any atom is 0.289 e. The topological polar surface area (TPSA) is 103 Å². The Labute approximate surface area is 166 Å². The summed E-state index contributed by atoms with van der Waals surface area (Å²) in [7, 11) is 1.35. The van der Waals surface area contributed by atoms with Crippen molar-refractivity contribution in [2.24, 2.45) is 5.73 Å². The third kappa shape index (κ3) is 3.91. The van der Waals surface area contributed by atoms with E-state index in [4.69, 9.17) is 14.9 Å². The normalized spacial score (nSPS) is 14.1. The Balaban J connectivity index is 1.85. The number of ketones is 1. The second-order valence-corrected chi connectivity index (χ2v) is 6.98. The molecule has 0 spiro atoms. The number of carbonyl (C=O) groups excluding carboxylic acids is 3. The van der Waals surface area contributed by atoms with E-state index in [0.29, 0.717) is 11.3 Å². The summed E-state index contributed by atoms with van der Waals surface area (Å²) < 4.78 is 24.2. The van der Waals surface area contributed by atoms with Gasteiger partial charge >= 0.3 is 0 Å². The van der Waals surface area contributed by atoms with Crippen LogP contribution < -0.4 is 5.73 Å². The molecule has 2 amide bonds. The van der Waals surface area contributed by atoms with E-state index in [0.717, 1.165) is 6.07 Å². The number of Topliss-reactive ketones (excluding diaryl/α,β-unsaturated/α-hetero) is 1. The van der Waals surface area contributed by atoms with E-state index >= 15 is 0 Å². The molecule has 2 aromatic rings. The summed E-state index contributed by atoms with van der Waals surface area (Å²) in [5, 5.41) is 0. The van der Waals surface area contributed by atoms with Crippen LogP contribution >= 0.6 is 0 Å². The number of carbonyl (C=O) groups is 3. The SMILES string of the molecule is COC1=C(C(=O)c2ccc(Cc3ccc(F)cc3C(N)=O)o2)CN(C(C)C)C1=O. The molecule has 1 aliphatic rings. The maximum atomic E-state index is 13.4. The molecule has 0 aliphatic carbocycles. The molecule has 0 radical (unpaired) electrons. The number of rotatable bonds is 7. The predicted octanol–water partition coefficient (Wildman–Crippen LogP) is 2.44. The van der Waals surface area contributed by atoms with Crippen molar-refractivity contribution in [3.8, 4) is 0 Å². The smallest absolute Gasteiger partial charge is 0.289 e. The summed E-state index contributed by atoms with van der Waals surface area (Å²) in [4.78, 5) is 38.4. The number of nitrogens with zero attached hydrogens (tertiary/aromatic N) is 1. The number of hydrogen-bond donors (Lipinski definition) is 1. The first-order valence-electron chi connectivity index (χ1n) is 9.02. The van der Waals surface area contributed by atoms with Gasteiger partial charge in [-0.15, -0.1) is 0 Å². The van der Waals surface area contributed by atoms with Crippen LogP contribution in [0.5, 0.6) is 0 Å². The van der Waals surface area contributed by atoms with Crippen LogP contribution in [0.2, 0.25) is 0 Å². The molecule has 1 aliphatic heterocycles. The number of methoxy groups -OCH3 is 1. The van der Waals surface area contributed by atoms with Gasteiger partial charge in [0.25, 0.3) is 5.91 Å². The second kappa shape index (κ2) is 7.90. The summed E-state index contributed by atoms with van der Waals surface area (Å²) in [5.74, 6) is -1.66. The Morgan fingerprint density at radius 3 is 2.62 bits per heavy atom. The molecule has 0 saturated heterocycles. The summed E-state index contributed by atoms with van der Waals surface area (Å²) >= 11 is 0. The van der Waals surface area contributed by atoms with Crippen molar-refractivity contribution in [2.75, 3.05) is 13.7 Å². The Hall–Kier alpha value is -3.42. The van der Waals surface area contributed by atoms with Crippen LogP contribution in [-0.2, 0) is 16.0 Å². The van der Waals surface area contributed by atoms with Gasteiger partial charge in [-0.3, -0.25) is 14.4 Å². The van der Waals surface area contributed by atoms with Crippen molar-refractivity contribution < 1.29 is 27.9 Å². The lowest BCUT2D eigenvalue weighted by molar-refractivity contribution is -0.129. The monoisotopic (exact) mass is 400 g/mol. The zero-order valence-electron chi connectivity index (χ0n) is 16.3. The van der Waals surface area contributed by atoms with Gasteiger partial charge in [0.05, 0.1) is 19.2 Å². The van der Waals surface area contributed by atoms with Crippen LogP contribution in [0.25, 0.3) is 0 Å². The minimum Gasteiger partial charge on any atom is -0.491 e. The third-order valence-electron chi connectivity index (χ3n) is 4.75. The summed E-state index contributed by atoms with van der Waals surface area (Å²) in [6.07, 6.45) is 0.152. The largest absolute Gasteiger partial charge is 0.491 e. The van der Waals surface area contributed by atoms with E-state index in [2.05, 4.69) is 0 Å². The van der Waals surface area contributed by atoms with Gasteiger partial charge in [-0.05, 0) is 43.7 Å². The van der Waals surface area contributed by atoms with E-state index in [1.54, 1.807) is 6.07 Å². The maximum absolute atomic E-state index is 13.4. The van der Waals surface area contributed by atoms with Gasteiger partial charge < -0.3 is 19.8 Å². The highest BCUT2D eigenvalue weighted by Gasteiger charge is 2.37. The van der Waals surface area contributed by atoms with Crippen molar-refractivity contribution in [1.29, 1.82) is 0 Å². The minimum atomic E-state index is -0.754. The second-order valence-electron chi connectivity index (χ2n) is 6.98. The lowest BCUT2D eigenvalue weighted by Crippen LogP contribution is -2.34. The molecule has 29 heavy (non-hydrogen) atoms. The Morgan fingerprint density at radius 1 is 1.28 bits per heavy atom. The summed E-state index contributed by atoms with van der Waals surface area (Å²) in [5.41, 5.74) is 6.06. The predicted molar refractivity (Wildman–Crippen MR) is 102 cm³/mol. The molecule has 0 bridgehead atoms. The van der Waals surface area contributed by atoms with E-state index in [-0.39, 0.29) is 47.6 Å². The molecule has 2 heterocycles. The molecule has 0 saturated carbocycles. The van der Waals surface area contributed by atoms with Crippen molar-refractivity contribution in [3.63, 3.8) is 0 Å². The van der Waals surface area contributed by atoms with Crippen LogP contribution in [0, 0.1) is 5.82 Å². The van der Waals surface area contributed by atoms with Crippen molar-refractivity contribution >= 4 is 17.6 Å². The van der Waals surface area contributed by atoms with Gasteiger partial charge in [0.2, 0.25) is 11.7 Å². The lowest BCUT2D eigenvalue weighted by Gasteiger charge is -2.20. The fraction of sp³-hybridized carbons (Fsp3) is 0.286. The highest BCUT2D eigenvalue weighted by molar-refractivity contribution is 6.14. The molecule has 0 fully saturated rings. The fourth-order valence-corrected chi connectivity index (χ4v) is 3.24. The average Bonchev–Trinajstić information content (AvgIpc) is 3.26. The number of nitrogens with two attached hydrogens (primary N) is 1. The fourth-order valence-electron chi connectivity index (χ4n) is 3.24. The van der Waals surface area contributed by atoms with Crippen LogP contribution in [0.4, 0.5) is 4.39 Å². The zero-order valence-corrected chi connectivity index (χ0v) is 16.3. The molecular weight excluding hydrogens is 379 g/mol. The zero-order chi connectivity index (χ0) is 21.3. The summed E-state index contributed by atoms with van der Waals surface area (Å²) in [6.45, 7) is 3.84. The molecule has 0 unspecified atom stereocenters. The molecule has 3 rings (SSSR count). The van der Waals surface area contributed by atoms with Gasteiger partial charge in [0, 0.05) is 18.0 Å². The molecule has 7 nitrogen and oxygen atoms in total. The van der Waals surface area contributed by atoms with Gasteiger partial charge in [0.15, 0.2) is 11.5 Å². The highest BCUT2D eigenvalue weighted by atomic mass is 19.1. The third-order valence-corrected chi connectivity index (χ3v) is 4.75. The molecule has 8 heteroatoms. The lowest BCUT2D eigenvalue weighted by atomic mass is 10.0. The van der Waals surface area contributed by atoms with Crippen LogP contribution in [0.15, 0.2) is 46.1 Å². The van der Waals surface area contributed by atoms with Crippen LogP contribution in [0.1, 0.15) is 46.1 Å². The quantitative estimate of drug-likeness (QED) is 0.719. The van der Waals surface area contributed by atoms with E-state index in [1.165, 1.54) is 30.2 Å². The Bertz CT molecular complexity index is 1020. The number of halogens is 1. The first kappa shape index (κ1) is 20.3. The Kier molecular flexibility index (Phi) is 5.54. The van der Waals surface area contributed by atoms with Gasteiger partial charge in [-0.2, -0.15) is 0 Å². The van der Waals surface area contributed by atoms with Gasteiger partial charge in [-0.25, -0.2) is 4.39 Å². The van der Waals surface area contributed by atoms with Gasteiger partial charge in [-0.1, -0.05) is 6.07 Å². The van der Waals surface area contributed by atoms with Crippen molar-refractivity contribution in [2.45, 2.75) is 26.3 Å². The highest BCUT2D eigenvalue weighted by Crippen LogP contribution is 2.26. The van der Waals surface area contributed by atoms with Crippen molar-refractivity contribution in [1.82, 2.24) is 4.90 Å². The van der Waals surface area contributed by atoms with E-state index < -0.39 is 17.5 Å². The molecule has 1 aromatic heterocycles. The number of amides is 2. The molecular formula is C21H21FN2O5. The standard InChI is InChI=1S/C21H21FN2O5/c1-11(2)24-10-16(19(28-3)21(24)27)18(25)17-7-6-14(29-17)8-12-4-5-13(22)9-15(12)20(23)26/h4-7,9,11H,8,10H2,1-3H3,(H2,23,26). The molecule has 1 aromatic carbocycles.